The Labute approximate surface area is 95.0 Å². The molecule has 0 bridgehead atoms. The fourth-order valence-electron chi connectivity index (χ4n) is 1.59. The number of aliphatic hydroxyl groups excluding tert-OH is 1. The molecule has 2 nitrogen and oxygen atoms in total. The van der Waals surface area contributed by atoms with Gasteiger partial charge in [0.2, 0.25) is 0 Å². The SMILES string of the molecule is CC(O)/C=C/[C@H](C)N1CCCC1.CCC. The molecular weight excluding hydrogens is 186 g/mol. The Morgan fingerprint density at radius 3 is 2.00 bits per heavy atom. The van der Waals surface area contributed by atoms with Gasteiger partial charge >= 0.3 is 0 Å². The van der Waals surface area contributed by atoms with Gasteiger partial charge in [0.25, 0.3) is 0 Å². The largest absolute Gasteiger partial charge is 0.389 e. The molecule has 2 heteroatoms. The molecule has 0 amide bonds. The Kier molecular flexibility index (Phi) is 8.73. The van der Waals surface area contributed by atoms with E-state index in [9.17, 15) is 0 Å². The summed E-state index contributed by atoms with van der Waals surface area (Å²) < 4.78 is 0. The van der Waals surface area contributed by atoms with Gasteiger partial charge < -0.3 is 5.11 Å². The van der Waals surface area contributed by atoms with E-state index in [1.165, 1.54) is 32.4 Å². The first kappa shape index (κ1) is 14.7. The summed E-state index contributed by atoms with van der Waals surface area (Å²) in [7, 11) is 0. The Bertz CT molecular complexity index is 160. The van der Waals surface area contributed by atoms with Crippen molar-refractivity contribution in [2.75, 3.05) is 13.1 Å². The van der Waals surface area contributed by atoms with Gasteiger partial charge in [-0.05, 0) is 39.8 Å². The summed E-state index contributed by atoms with van der Waals surface area (Å²) in [5.41, 5.74) is 0. The van der Waals surface area contributed by atoms with Crippen molar-refractivity contribution in [3.8, 4) is 0 Å². The van der Waals surface area contributed by atoms with Gasteiger partial charge in [-0.2, -0.15) is 0 Å². The minimum absolute atomic E-state index is 0.310. The van der Waals surface area contributed by atoms with Crippen LogP contribution in [0.2, 0.25) is 0 Å². The summed E-state index contributed by atoms with van der Waals surface area (Å²) in [5.74, 6) is 0. The highest BCUT2D eigenvalue weighted by atomic mass is 16.3. The van der Waals surface area contributed by atoms with Crippen molar-refractivity contribution in [2.24, 2.45) is 0 Å². The first-order valence-corrected chi connectivity index (χ1v) is 6.22. The van der Waals surface area contributed by atoms with E-state index in [2.05, 4.69) is 31.7 Å². The van der Waals surface area contributed by atoms with E-state index in [0.29, 0.717) is 6.04 Å². The maximum absolute atomic E-state index is 9.04. The standard InChI is InChI=1S/C10H19NO.C3H8/c1-9(5-6-10(2)12)11-7-3-4-8-11;1-3-2/h5-6,9-10,12H,3-4,7-8H2,1-2H3;3H2,1-2H3/b6-5+;/t9-,10?;/m0./s1. The van der Waals surface area contributed by atoms with Gasteiger partial charge in [-0.15, -0.1) is 0 Å². The zero-order valence-electron chi connectivity index (χ0n) is 10.7. The average Bonchev–Trinajstić information content (AvgIpc) is 2.68. The summed E-state index contributed by atoms with van der Waals surface area (Å²) in [6, 6.07) is 0.488. The maximum Gasteiger partial charge on any atom is 0.0693 e. The van der Waals surface area contributed by atoms with Gasteiger partial charge in [0, 0.05) is 6.04 Å². The van der Waals surface area contributed by atoms with Gasteiger partial charge in [0.15, 0.2) is 0 Å². The monoisotopic (exact) mass is 213 g/mol. The lowest BCUT2D eigenvalue weighted by Gasteiger charge is -2.20. The molecule has 0 aromatic rings. The Hall–Kier alpha value is -0.340. The van der Waals surface area contributed by atoms with Crippen LogP contribution in [-0.4, -0.2) is 35.2 Å². The molecule has 0 radical (unpaired) electrons. The smallest absolute Gasteiger partial charge is 0.0693 e. The third-order valence-electron chi connectivity index (χ3n) is 2.38. The van der Waals surface area contributed by atoms with E-state index in [1.54, 1.807) is 6.92 Å². The van der Waals surface area contributed by atoms with Crippen molar-refractivity contribution >= 4 is 0 Å². The zero-order chi connectivity index (χ0) is 11.7. The van der Waals surface area contributed by atoms with Gasteiger partial charge in [0.1, 0.15) is 0 Å². The molecule has 0 aromatic carbocycles. The molecule has 1 N–H and O–H groups in total. The minimum Gasteiger partial charge on any atom is -0.389 e. The maximum atomic E-state index is 9.04. The van der Waals surface area contributed by atoms with Gasteiger partial charge in [-0.3, -0.25) is 4.90 Å². The molecule has 1 saturated heterocycles. The molecular formula is C13H27NO. The van der Waals surface area contributed by atoms with Gasteiger partial charge in [-0.25, -0.2) is 0 Å². The minimum atomic E-state index is -0.310. The van der Waals surface area contributed by atoms with E-state index < -0.39 is 0 Å². The number of rotatable bonds is 3. The van der Waals surface area contributed by atoms with Crippen molar-refractivity contribution in [2.45, 2.75) is 59.1 Å². The third-order valence-corrected chi connectivity index (χ3v) is 2.38. The van der Waals surface area contributed by atoms with E-state index in [0.717, 1.165) is 0 Å². The van der Waals surface area contributed by atoms with Crippen LogP contribution in [0, 0.1) is 0 Å². The molecule has 1 heterocycles. The molecule has 2 atom stereocenters. The molecule has 1 aliphatic heterocycles. The van der Waals surface area contributed by atoms with Crippen LogP contribution >= 0.6 is 0 Å². The van der Waals surface area contributed by atoms with Crippen molar-refractivity contribution in [1.82, 2.24) is 4.90 Å². The highest BCUT2D eigenvalue weighted by Crippen LogP contribution is 2.12. The van der Waals surface area contributed by atoms with Crippen LogP contribution in [0.1, 0.15) is 47.0 Å². The van der Waals surface area contributed by atoms with Gasteiger partial charge in [-0.1, -0.05) is 32.4 Å². The van der Waals surface area contributed by atoms with E-state index in [4.69, 9.17) is 5.11 Å². The predicted octanol–water partition coefficient (Wildman–Crippen LogP) is 2.82. The lowest BCUT2D eigenvalue weighted by molar-refractivity contribution is 0.240. The first-order valence-electron chi connectivity index (χ1n) is 6.22. The number of nitrogens with zero attached hydrogens (tertiary/aromatic N) is 1. The lowest BCUT2D eigenvalue weighted by Crippen LogP contribution is -2.28. The first-order chi connectivity index (χ1) is 7.11. The Morgan fingerprint density at radius 2 is 1.60 bits per heavy atom. The Balaban J connectivity index is 0.000000583. The summed E-state index contributed by atoms with van der Waals surface area (Å²) >= 11 is 0. The third kappa shape index (κ3) is 7.57. The van der Waals surface area contributed by atoms with Crippen molar-refractivity contribution in [1.29, 1.82) is 0 Å². The molecule has 1 rings (SSSR count). The topological polar surface area (TPSA) is 23.5 Å². The molecule has 90 valence electrons. The second-order valence-corrected chi connectivity index (χ2v) is 4.32. The van der Waals surface area contributed by atoms with Crippen LogP contribution in [-0.2, 0) is 0 Å². The number of aliphatic hydroxyl groups is 1. The molecule has 15 heavy (non-hydrogen) atoms. The molecule has 1 unspecified atom stereocenters. The summed E-state index contributed by atoms with van der Waals surface area (Å²) in [6.07, 6.45) is 7.55. The van der Waals surface area contributed by atoms with E-state index in [1.807, 2.05) is 6.08 Å². The van der Waals surface area contributed by atoms with Crippen LogP contribution < -0.4 is 0 Å². The van der Waals surface area contributed by atoms with Crippen molar-refractivity contribution in [3.63, 3.8) is 0 Å². The summed E-state index contributed by atoms with van der Waals surface area (Å²) in [4.78, 5) is 2.44. The quantitative estimate of drug-likeness (QED) is 0.729. The molecule has 0 aromatic heterocycles. The highest BCUT2D eigenvalue weighted by Gasteiger charge is 2.15. The fourth-order valence-corrected chi connectivity index (χ4v) is 1.59. The lowest BCUT2D eigenvalue weighted by atomic mass is 10.2. The van der Waals surface area contributed by atoms with Crippen LogP contribution in [0.25, 0.3) is 0 Å². The molecule has 1 fully saturated rings. The van der Waals surface area contributed by atoms with Gasteiger partial charge in [0.05, 0.1) is 6.10 Å². The average molecular weight is 213 g/mol. The van der Waals surface area contributed by atoms with Crippen LogP contribution in [0.3, 0.4) is 0 Å². The predicted molar refractivity (Wildman–Crippen MR) is 67.1 cm³/mol. The van der Waals surface area contributed by atoms with Crippen LogP contribution in [0.15, 0.2) is 12.2 Å². The normalized spacial score (nSPS) is 21.1. The number of hydrogen-bond acceptors (Lipinski definition) is 2. The second-order valence-electron chi connectivity index (χ2n) is 4.32. The zero-order valence-corrected chi connectivity index (χ0v) is 10.7. The van der Waals surface area contributed by atoms with Crippen LogP contribution in [0.4, 0.5) is 0 Å². The van der Waals surface area contributed by atoms with Crippen LogP contribution in [0.5, 0.6) is 0 Å². The van der Waals surface area contributed by atoms with Crippen molar-refractivity contribution < 1.29 is 5.11 Å². The number of likely N-dealkylation sites (tertiary alicyclic amines) is 1. The van der Waals surface area contributed by atoms with E-state index >= 15 is 0 Å². The molecule has 0 spiro atoms. The highest BCUT2D eigenvalue weighted by molar-refractivity contribution is 4.95. The second kappa shape index (κ2) is 8.93. The van der Waals surface area contributed by atoms with Crippen molar-refractivity contribution in [3.05, 3.63) is 12.2 Å². The molecule has 0 aliphatic carbocycles. The van der Waals surface area contributed by atoms with E-state index in [-0.39, 0.29) is 6.10 Å². The molecule has 0 saturated carbocycles. The summed E-state index contributed by atoms with van der Waals surface area (Å²) in [5, 5.41) is 9.04. The Morgan fingerprint density at radius 1 is 1.13 bits per heavy atom. The number of hydrogen-bond donors (Lipinski definition) is 1. The summed E-state index contributed by atoms with van der Waals surface area (Å²) in [6.45, 7) is 10.6. The molecule has 1 aliphatic rings. The fraction of sp³-hybridized carbons (Fsp3) is 0.846.